The summed E-state index contributed by atoms with van der Waals surface area (Å²) in [7, 11) is -3.57. The van der Waals surface area contributed by atoms with Gasteiger partial charge in [-0.2, -0.15) is 0 Å². The molecular formula is C16H23ClN2O3S. The maximum Gasteiger partial charge on any atom is 0.243 e. The quantitative estimate of drug-likeness (QED) is 0.831. The first-order valence-electron chi connectivity index (χ1n) is 7.70. The zero-order chi connectivity index (χ0) is 17.2. The van der Waals surface area contributed by atoms with Gasteiger partial charge in [-0.15, -0.1) is 0 Å². The van der Waals surface area contributed by atoms with Crippen LogP contribution in [0.1, 0.15) is 25.3 Å². The van der Waals surface area contributed by atoms with Gasteiger partial charge in [0.15, 0.2) is 0 Å². The number of halogens is 1. The molecule has 1 aromatic carbocycles. The van der Waals surface area contributed by atoms with Gasteiger partial charge in [-0.3, -0.25) is 9.10 Å². The molecular weight excluding hydrogens is 336 g/mol. The van der Waals surface area contributed by atoms with Gasteiger partial charge in [0.2, 0.25) is 15.9 Å². The van der Waals surface area contributed by atoms with Gasteiger partial charge < -0.3 is 4.90 Å². The number of hydrogen-bond donors (Lipinski definition) is 0. The van der Waals surface area contributed by atoms with E-state index < -0.39 is 10.0 Å². The smallest absolute Gasteiger partial charge is 0.243 e. The van der Waals surface area contributed by atoms with Gasteiger partial charge in [0, 0.05) is 18.1 Å². The van der Waals surface area contributed by atoms with Crippen molar-refractivity contribution >= 4 is 33.2 Å². The summed E-state index contributed by atoms with van der Waals surface area (Å²) in [5, 5.41) is 0.482. The summed E-state index contributed by atoms with van der Waals surface area (Å²) < 4.78 is 25.4. The number of benzene rings is 1. The van der Waals surface area contributed by atoms with Crippen molar-refractivity contribution in [1.29, 1.82) is 0 Å². The fourth-order valence-electron chi connectivity index (χ4n) is 2.78. The van der Waals surface area contributed by atoms with Crippen molar-refractivity contribution < 1.29 is 13.2 Å². The van der Waals surface area contributed by atoms with Gasteiger partial charge in [-0.1, -0.05) is 24.6 Å². The third-order valence-corrected chi connectivity index (χ3v) is 5.68. The molecule has 1 aliphatic rings. The van der Waals surface area contributed by atoms with Crippen LogP contribution in [-0.4, -0.2) is 45.1 Å². The van der Waals surface area contributed by atoms with E-state index >= 15 is 0 Å². The molecule has 2 rings (SSSR count). The van der Waals surface area contributed by atoms with E-state index in [1.807, 2.05) is 6.92 Å². The monoisotopic (exact) mass is 358 g/mol. The fraction of sp³-hybridized carbons (Fsp3) is 0.562. The van der Waals surface area contributed by atoms with Crippen molar-refractivity contribution in [1.82, 2.24) is 4.90 Å². The van der Waals surface area contributed by atoms with E-state index in [2.05, 4.69) is 6.92 Å². The third-order valence-electron chi connectivity index (χ3n) is 4.13. The van der Waals surface area contributed by atoms with E-state index in [1.165, 1.54) is 0 Å². The average molecular weight is 359 g/mol. The lowest BCUT2D eigenvalue weighted by Gasteiger charge is -2.33. The van der Waals surface area contributed by atoms with Gasteiger partial charge >= 0.3 is 0 Å². The first kappa shape index (κ1) is 18.1. The molecule has 23 heavy (non-hydrogen) atoms. The molecule has 1 saturated heterocycles. The molecule has 0 spiro atoms. The Bertz CT molecular complexity index is 691. The minimum absolute atomic E-state index is 0.168. The van der Waals surface area contributed by atoms with Crippen LogP contribution in [0.2, 0.25) is 5.02 Å². The lowest BCUT2D eigenvalue weighted by atomic mass is 10.0. The van der Waals surface area contributed by atoms with Crippen molar-refractivity contribution in [3.63, 3.8) is 0 Å². The second-order valence-electron chi connectivity index (χ2n) is 6.29. The van der Waals surface area contributed by atoms with E-state index in [-0.39, 0.29) is 12.5 Å². The summed E-state index contributed by atoms with van der Waals surface area (Å²) in [6.07, 6.45) is 3.17. The number of carbonyl (C=O) groups is 1. The van der Waals surface area contributed by atoms with Crippen molar-refractivity contribution in [2.24, 2.45) is 5.92 Å². The molecule has 1 amide bonds. The molecule has 0 aliphatic carbocycles. The molecule has 7 heteroatoms. The Morgan fingerprint density at radius 3 is 2.70 bits per heavy atom. The van der Waals surface area contributed by atoms with Crippen molar-refractivity contribution in [3.05, 3.63) is 28.8 Å². The molecule has 0 N–H and O–H groups in total. The Morgan fingerprint density at radius 2 is 2.13 bits per heavy atom. The van der Waals surface area contributed by atoms with Crippen LogP contribution < -0.4 is 4.31 Å². The van der Waals surface area contributed by atoms with E-state index in [9.17, 15) is 13.2 Å². The van der Waals surface area contributed by atoms with E-state index in [0.29, 0.717) is 29.7 Å². The number of rotatable bonds is 4. The lowest BCUT2D eigenvalue weighted by molar-refractivity contribution is -0.131. The number of piperidine rings is 1. The Balaban J connectivity index is 2.22. The average Bonchev–Trinajstić information content (AvgIpc) is 2.46. The summed E-state index contributed by atoms with van der Waals surface area (Å²) in [6.45, 7) is 5.14. The molecule has 0 saturated carbocycles. The molecule has 0 radical (unpaired) electrons. The van der Waals surface area contributed by atoms with Crippen molar-refractivity contribution in [2.45, 2.75) is 26.7 Å². The SMILES string of the molecule is Cc1ccc(N(CC(=O)N2CCC[C@H](C)C2)S(C)(=O)=O)cc1Cl. The number of likely N-dealkylation sites (tertiary alicyclic amines) is 1. The summed E-state index contributed by atoms with van der Waals surface area (Å²) >= 11 is 6.10. The number of anilines is 1. The van der Waals surface area contributed by atoms with E-state index in [0.717, 1.165) is 29.0 Å². The fourth-order valence-corrected chi connectivity index (χ4v) is 3.79. The minimum Gasteiger partial charge on any atom is -0.341 e. The maximum absolute atomic E-state index is 12.5. The van der Waals surface area contributed by atoms with Crippen LogP contribution in [-0.2, 0) is 14.8 Å². The number of nitrogens with zero attached hydrogens (tertiary/aromatic N) is 2. The van der Waals surface area contributed by atoms with Crippen molar-refractivity contribution in [3.8, 4) is 0 Å². The predicted molar refractivity (Wildman–Crippen MR) is 93.4 cm³/mol. The highest BCUT2D eigenvalue weighted by atomic mass is 35.5. The molecule has 1 aromatic rings. The van der Waals surface area contributed by atoms with Crippen molar-refractivity contribution in [2.75, 3.05) is 30.2 Å². The Kier molecular flexibility index (Phi) is 5.57. The normalized spacial score (nSPS) is 18.8. The third kappa shape index (κ3) is 4.61. The highest BCUT2D eigenvalue weighted by Crippen LogP contribution is 2.25. The van der Waals surface area contributed by atoms with Gasteiger partial charge in [0.05, 0.1) is 11.9 Å². The number of aryl methyl sites for hydroxylation is 1. The number of sulfonamides is 1. The van der Waals surface area contributed by atoms with Crippen LogP contribution >= 0.6 is 11.6 Å². The van der Waals surface area contributed by atoms with E-state index in [1.54, 1.807) is 23.1 Å². The van der Waals surface area contributed by atoms with E-state index in [4.69, 9.17) is 11.6 Å². The molecule has 1 atom stereocenters. The second kappa shape index (κ2) is 7.09. The van der Waals surface area contributed by atoms with Gasteiger partial charge in [0.1, 0.15) is 6.54 Å². The molecule has 0 aromatic heterocycles. The number of hydrogen-bond acceptors (Lipinski definition) is 3. The molecule has 0 bridgehead atoms. The number of carbonyl (C=O) groups excluding carboxylic acids is 1. The molecule has 1 fully saturated rings. The standard InChI is InChI=1S/C16H23ClN2O3S/c1-12-5-4-8-18(10-12)16(20)11-19(23(3,21)22)14-7-6-13(2)15(17)9-14/h6-7,9,12H,4-5,8,10-11H2,1-3H3/t12-/m0/s1. The molecule has 0 unspecified atom stereocenters. The topological polar surface area (TPSA) is 57.7 Å². The summed E-state index contributed by atoms with van der Waals surface area (Å²) in [5.41, 5.74) is 1.28. The summed E-state index contributed by atoms with van der Waals surface area (Å²) in [6, 6.07) is 5.02. The van der Waals surface area contributed by atoms with Crippen LogP contribution in [0.25, 0.3) is 0 Å². The first-order valence-corrected chi connectivity index (χ1v) is 9.92. The second-order valence-corrected chi connectivity index (χ2v) is 8.60. The Hall–Kier alpha value is -1.27. The minimum atomic E-state index is -3.57. The van der Waals surface area contributed by atoms with Gasteiger partial charge in [-0.25, -0.2) is 8.42 Å². The summed E-state index contributed by atoms with van der Waals surface area (Å²) in [4.78, 5) is 14.3. The zero-order valence-corrected chi connectivity index (χ0v) is 15.3. The highest BCUT2D eigenvalue weighted by molar-refractivity contribution is 7.92. The van der Waals surface area contributed by atoms with Gasteiger partial charge in [0.25, 0.3) is 0 Å². The van der Waals surface area contributed by atoms with Crippen LogP contribution in [0.4, 0.5) is 5.69 Å². The Morgan fingerprint density at radius 1 is 1.43 bits per heavy atom. The maximum atomic E-state index is 12.5. The Labute approximate surface area is 143 Å². The highest BCUT2D eigenvalue weighted by Gasteiger charge is 2.26. The van der Waals surface area contributed by atoms with Crippen LogP contribution in [0, 0.1) is 12.8 Å². The van der Waals surface area contributed by atoms with Crippen LogP contribution in [0.3, 0.4) is 0 Å². The van der Waals surface area contributed by atoms with Crippen LogP contribution in [0.15, 0.2) is 18.2 Å². The van der Waals surface area contributed by atoms with Gasteiger partial charge in [-0.05, 0) is 43.4 Å². The zero-order valence-electron chi connectivity index (χ0n) is 13.8. The first-order chi connectivity index (χ1) is 10.7. The molecule has 5 nitrogen and oxygen atoms in total. The molecule has 1 aliphatic heterocycles. The summed E-state index contributed by atoms with van der Waals surface area (Å²) in [5.74, 6) is 0.284. The predicted octanol–water partition coefficient (Wildman–Crippen LogP) is 2.67. The number of amides is 1. The largest absolute Gasteiger partial charge is 0.341 e. The molecule has 128 valence electrons. The lowest BCUT2D eigenvalue weighted by Crippen LogP contribution is -2.46. The molecule has 1 heterocycles. The van der Waals surface area contributed by atoms with Crippen LogP contribution in [0.5, 0.6) is 0 Å².